The van der Waals surface area contributed by atoms with Gasteiger partial charge in [0.2, 0.25) is 10.0 Å². The molecule has 24 heavy (non-hydrogen) atoms. The fourth-order valence-electron chi connectivity index (χ4n) is 2.76. The zero-order valence-electron chi connectivity index (χ0n) is 13.8. The van der Waals surface area contributed by atoms with Crippen molar-refractivity contribution in [2.24, 2.45) is 5.41 Å². The Kier molecular flexibility index (Phi) is 5.59. The summed E-state index contributed by atoms with van der Waals surface area (Å²) in [6, 6.07) is 3.27. The van der Waals surface area contributed by atoms with Crippen LogP contribution < -0.4 is 5.32 Å². The Labute approximate surface area is 141 Å². The molecule has 1 aliphatic heterocycles. The highest BCUT2D eigenvalue weighted by molar-refractivity contribution is 7.89. The van der Waals surface area contributed by atoms with Gasteiger partial charge in [-0.15, -0.1) is 0 Å². The van der Waals surface area contributed by atoms with Gasteiger partial charge in [-0.3, -0.25) is 4.79 Å². The van der Waals surface area contributed by atoms with Crippen LogP contribution in [0.4, 0.5) is 8.78 Å². The number of benzene rings is 1. The van der Waals surface area contributed by atoms with E-state index >= 15 is 0 Å². The summed E-state index contributed by atoms with van der Waals surface area (Å²) in [5.74, 6) is -2.54. The number of rotatable bonds is 5. The van der Waals surface area contributed by atoms with Crippen LogP contribution in [0.2, 0.25) is 0 Å². The fraction of sp³-hybridized carbons (Fsp3) is 0.562. The Bertz CT molecular complexity index is 694. The summed E-state index contributed by atoms with van der Waals surface area (Å²) in [6.45, 7) is 4.54. The van der Waals surface area contributed by atoms with E-state index in [0.717, 1.165) is 12.1 Å². The number of piperidine rings is 1. The first-order valence-electron chi connectivity index (χ1n) is 7.88. The number of hydrogen-bond donors (Lipinski definition) is 1. The summed E-state index contributed by atoms with van der Waals surface area (Å²) in [6.07, 6.45) is 1.15. The molecule has 0 radical (unpaired) electrons. The summed E-state index contributed by atoms with van der Waals surface area (Å²) in [7, 11) is -3.21. The lowest BCUT2D eigenvalue weighted by atomic mass is 9.81. The smallest absolute Gasteiger partial charge is 0.257 e. The molecule has 1 aromatic carbocycles. The molecule has 2 rings (SSSR count). The standard InChI is InChI=1S/C16H22F2N2O3S/c1-3-24(22,23)20-9-7-16(2,8-10-20)11-19-15(21)14-12(17)5-4-6-13(14)18/h4-6H,3,7-11H2,1-2H3,(H,19,21). The predicted molar refractivity (Wildman–Crippen MR) is 87.1 cm³/mol. The highest BCUT2D eigenvalue weighted by Crippen LogP contribution is 2.31. The highest BCUT2D eigenvalue weighted by atomic mass is 32.2. The van der Waals surface area contributed by atoms with Gasteiger partial charge in [0.05, 0.1) is 5.75 Å². The van der Waals surface area contributed by atoms with Crippen molar-refractivity contribution in [3.8, 4) is 0 Å². The Balaban J connectivity index is 1.96. The molecule has 1 saturated heterocycles. The lowest BCUT2D eigenvalue weighted by Gasteiger charge is -2.38. The minimum atomic E-state index is -3.21. The molecule has 0 unspecified atom stereocenters. The molecule has 0 aromatic heterocycles. The van der Waals surface area contributed by atoms with Crippen molar-refractivity contribution < 1.29 is 22.0 Å². The van der Waals surface area contributed by atoms with Crippen LogP contribution in [0.15, 0.2) is 18.2 Å². The topological polar surface area (TPSA) is 66.5 Å². The number of carbonyl (C=O) groups excluding carboxylic acids is 1. The molecule has 0 aliphatic carbocycles. The molecular weight excluding hydrogens is 338 g/mol. The average Bonchev–Trinajstić information content (AvgIpc) is 2.53. The molecule has 0 bridgehead atoms. The van der Waals surface area contributed by atoms with Crippen molar-refractivity contribution in [3.63, 3.8) is 0 Å². The first-order valence-corrected chi connectivity index (χ1v) is 9.49. The molecule has 1 amide bonds. The zero-order chi connectivity index (χ0) is 18.0. The van der Waals surface area contributed by atoms with E-state index in [1.165, 1.54) is 10.4 Å². The van der Waals surface area contributed by atoms with E-state index in [1.807, 2.05) is 6.92 Å². The minimum Gasteiger partial charge on any atom is -0.351 e. The SMILES string of the molecule is CCS(=O)(=O)N1CCC(C)(CNC(=O)c2c(F)cccc2F)CC1. The maximum atomic E-state index is 13.6. The normalized spacial score (nSPS) is 18.3. The van der Waals surface area contributed by atoms with Gasteiger partial charge >= 0.3 is 0 Å². The van der Waals surface area contributed by atoms with Crippen LogP contribution in [0.25, 0.3) is 0 Å². The molecule has 1 aromatic rings. The molecule has 134 valence electrons. The average molecular weight is 360 g/mol. The van der Waals surface area contributed by atoms with Gasteiger partial charge < -0.3 is 5.32 Å². The van der Waals surface area contributed by atoms with Gasteiger partial charge in [0, 0.05) is 19.6 Å². The van der Waals surface area contributed by atoms with Crippen LogP contribution >= 0.6 is 0 Å². The van der Waals surface area contributed by atoms with Crippen LogP contribution in [-0.4, -0.2) is 44.0 Å². The van der Waals surface area contributed by atoms with E-state index in [4.69, 9.17) is 0 Å². The van der Waals surface area contributed by atoms with Crippen LogP contribution in [0.3, 0.4) is 0 Å². The lowest BCUT2D eigenvalue weighted by molar-refractivity contribution is 0.0901. The second-order valence-corrected chi connectivity index (χ2v) is 8.65. The van der Waals surface area contributed by atoms with Gasteiger partial charge in [-0.1, -0.05) is 13.0 Å². The zero-order valence-corrected chi connectivity index (χ0v) is 14.6. The molecule has 0 atom stereocenters. The van der Waals surface area contributed by atoms with Crippen molar-refractivity contribution in [1.29, 1.82) is 0 Å². The molecule has 0 saturated carbocycles. The number of hydrogen-bond acceptors (Lipinski definition) is 3. The number of nitrogens with zero attached hydrogens (tertiary/aromatic N) is 1. The molecule has 1 N–H and O–H groups in total. The van der Waals surface area contributed by atoms with Crippen LogP contribution in [0, 0.1) is 17.0 Å². The number of sulfonamides is 1. The molecule has 8 heteroatoms. The second-order valence-electron chi connectivity index (χ2n) is 6.39. The highest BCUT2D eigenvalue weighted by Gasteiger charge is 2.34. The molecular formula is C16H22F2N2O3S. The van der Waals surface area contributed by atoms with E-state index in [2.05, 4.69) is 5.32 Å². The molecule has 5 nitrogen and oxygen atoms in total. The molecule has 0 spiro atoms. The third-order valence-corrected chi connectivity index (χ3v) is 6.43. The van der Waals surface area contributed by atoms with E-state index < -0.39 is 33.1 Å². The number of amides is 1. The van der Waals surface area contributed by atoms with Crippen LogP contribution in [0.1, 0.15) is 37.0 Å². The third-order valence-electron chi connectivity index (χ3n) is 4.55. The Morgan fingerprint density at radius 1 is 1.25 bits per heavy atom. The number of nitrogens with one attached hydrogen (secondary N) is 1. The Hall–Kier alpha value is -1.54. The van der Waals surface area contributed by atoms with Gasteiger partial charge in [0.1, 0.15) is 17.2 Å². The minimum absolute atomic E-state index is 0.0625. The maximum Gasteiger partial charge on any atom is 0.257 e. The van der Waals surface area contributed by atoms with Gasteiger partial charge in [-0.05, 0) is 37.3 Å². The Morgan fingerprint density at radius 2 is 1.79 bits per heavy atom. The van der Waals surface area contributed by atoms with Crippen molar-refractivity contribution in [2.45, 2.75) is 26.7 Å². The van der Waals surface area contributed by atoms with Crippen molar-refractivity contribution in [3.05, 3.63) is 35.4 Å². The van der Waals surface area contributed by atoms with E-state index in [9.17, 15) is 22.0 Å². The quantitative estimate of drug-likeness (QED) is 0.875. The number of halogens is 2. The van der Waals surface area contributed by atoms with Crippen molar-refractivity contribution in [2.75, 3.05) is 25.4 Å². The third kappa shape index (κ3) is 4.10. The molecule has 1 aliphatic rings. The van der Waals surface area contributed by atoms with Gasteiger partial charge in [0.25, 0.3) is 5.91 Å². The summed E-state index contributed by atoms with van der Waals surface area (Å²) in [5.41, 5.74) is -0.899. The van der Waals surface area contributed by atoms with Crippen molar-refractivity contribution in [1.82, 2.24) is 9.62 Å². The van der Waals surface area contributed by atoms with E-state index in [-0.39, 0.29) is 17.7 Å². The summed E-state index contributed by atoms with van der Waals surface area (Å²) in [4.78, 5) is 12.0. The summed E-state index contributed by atoms with van der Waals surface area (Å²) < 4.78 is 52.4. The van der Waals surface area contributed by atoms with Crippen LogP contribution in [-0.2, 0) is 10.0 Å². The molecule has 1 fully saturated rings. The monoisotopic (exact) mass is 360 g/mol. The van der Waals surface area contributed by atoms with Gasteiger partial charge in [-0.25, -0.2) is 21.5 Å². The molecule has 1 heterocycles. The second kappa shape index (κ2) is 7.14. The van der Waals surface area contributed by atoms with Crippen molar-refractivity contribution >= 4 is 15.9 Å². The maximum absolute atomic E-state index is 13.6. The summed E-state index contributed by atoms with van der Waals surface area (Å²) >= 11 is 0. The van der Waals surface area contributed by atoms with E-state index in [0.29, 0.717) is 25.9 Å². The van der Waals surface area contributed by atoms with Gasteiger partial charge in [0.15, 0.2) is 0 Å². The van der Waals surface area contributed by atoms with Crippen LogP contribution in [0.5, 0.6) is 0 Å². The number of carbonyl (C=O) groups is 1. The van der Waals surface area contributed by atoms with E-state index in [1.54, 1.807) is 6.92 Å². The lowest BCUT2D eigenvalue weighted by Crippen LogP contribution is -2.47. The fourth-order valence-corrected chi connectivity index (χ4v) is 3.86. The largest absolute Gasteiger partial charge is 0.351 e. The van der Waals surface area contributed by atoms with Gasteiger partial charge in [-0.2, -0.15) is 0 Å². The first kappa shape index (κ1) is 18.8. The predicted octanol–water partition coefficient (Wildman–Crippen LogP) is 2.15. The first-order chi connectivity index (χ1) is 11.2. The summed E-state index contributed by atoms with van der Waals surface area (Å²) in [5, 5.41) is 2.57. The Morgan fingerprint density at radius 3 is 2.29 bits per heavy atom.